The molecule has 0 unspecified atom stereocenters. The molecule has 0 saturated carbocycles. The highest BCUT2D eigenvalue weighted by atomic mass is 16.5. The largest absolute Gasteiger partial charge is 0.369 e. The molecule has 0 aromatic carbocycles. The number of carbonyl (C=O) groups is 2. The monoisotopic (exact) mass is 373 g/mol. The molecule has 0 N–H and O–H groups in total. The minimum atomic E-state index is -0.367. The first-order valence-corrected chi connectivity index (χ1v) is 10.1. The minimum Gasteiger partial charge on any atom is -0.369 e. The maximum atomic E-state index is 12.5. The second kappa shape index (κ2) is 8.83. The van der Waals surface area contributed by atoms with Gasteiger partial charge in [0.15, 0.2) is 0 Å². The number of nitrogens with zero attached hydrogens (tertiary/aromatic N) is 3. The lowest BCUT2D eigenvalue weighted by atomic mass is 9.72. The fourth-order valence-corrected chi connectivity index (χ4v) is 4.31. The average molecular weight is 373 g/mol. The number of ether oxygens (including phenoxy) is 1. The molecule has 1 spiro atoms. The highest BCUT2D eigenvalue weighted by Gasteiger charge is 2.41. The summed E-state index contributed by atoms with van der Waals surface area (Å²) < 4.78 is 5.45. The SMILES string of the molecule is CCO[C@H](C)C(=O)N1CCC2(CCC(=O)N(CCc3ccncc3)C2)CC1. The van der Waals surface area contributed by atoms with Gasteiger partial charge in [0.2, 0.25) is 5.91 Å². The van der Waals surface area contributed by atoms with Crippen LogP contribution in [0.4, 0.5) is 0 Å². The summed E-state index contributed by atoms with van der Waals surface area (Å²) >= 11 is 0. The number of rotatable bonds is 6. The van der Waals surface area contributed by atoms with E-state index >= 15 is 0 Å². The van der Waals surface area contributed by atoms with Crippen molar-refractivity contribution >= 4 is 11.8 Å². The molecular formula is C21H31N3O3. The van der Waals surface area contributed by atoms with Crippen molar-refractivity contribution in [3.05, 3.63) is 30.1 Å². The van der Waals surface area contributed by atoms with E-state index in [2.05, 4.69) is 4.98 Å². The first-order valence-electron chi connectivity index (χ1n) is 10.1. The third-order valence-electron chi connectivity index (χ3n) is 6.07. The molecule has 3 heterocycles. The zero-order valence-electron chi connectivity index (χ0n) is 16.5. The number of piperidine rings is 2. The summed E-state index contributed by atoms with van der Waals surface area (Å²) in [6.45, 7) is 7.41. The van der Waals surface area contributed by atoms with E-state index in [0.717, 1.165) is 51.9 Å². The molecule has 148 valence electrons. The van der Waals surface area contributed by atoms with Crippen LogP contribution in [0.15, 0.2) is 24.5 Å². The number of pyridine rings is 1. The Kier molecular flexibility index (Phi) is 6.47. The Bertz CT molecular complexity index is 641. The standard InChI is InChI=1S/C21H31N3O3/c1-3-27-17(2)20(26)23-14-9-21(10-15-23)8-4-19(25)24(16-21)13-7-18-5-11-22-12-6-18/h5-6,11-12,17H,3-4,7-10,13-16H2,1-2H3/t17-/m1/s1. The molecule has 2 aliphatic rings. The van der Waals surface area contributed by atoms with E-state index in [9.17, 15) is 9.59 Å². The maximum absolute atomic E-state index is 12.5. The highest BCUT2D eigenvalue weighted by molar-refractivity contribution is 5.80. The third-order valence-corrected chi connectivity index (χ3v) is 6.07. The lowest BCUT2D eigenvalue weighted by Gasteiger charge is -2.47. The number of hydrogen-bond acceptors (Lipinski definition) is 4. The van der Waals surface area contributed by atoms with E-state index in [1.165, 1.54) is 5.56 Å². The van der Waals surface area contributed by atoms with Crippen molar-refractivity contribution in [2.75, 3.05) is 32.8 Å². The van der Waals surface area contributed by atoms with Crippen LogP contribution in [0, 0.1) is 5.41 Å². The van der Waals surface area contributed by atoms with Crippen LogP contribution >= 0.6 is 0 Å². The zero-order chi connectivity index (χ0) is 19.3. The molecule has 6 nitrogen and oxygen atoms in total. The van der Waals surface area contributed by atoms with Gasteiger partial charge in [0.25, 0.3) is 5.91 Å². The first kappa shape index (κ1) is 19.8. The van der Waals surface area contributed by atoms with Crippen LogP contribution in [-0.4, -0.2) is 65.5 Å². The molecule has 1 aromatic rings. The predicted molar refractivity (Wildman–Crippen MR) is 103 cm³/mol. The second-order valence-electron chi connectivity index (χ2n) is 7.84. The second-order valence-corrected chi connectivity index (χ2v) is 7.84. The Labute approximate surface area is 161 Å². The van der Waals surface area contributed by atoms with Crippen LogP contribution < -0.4 is 0 Å². The molecular weight excluding hydrogens is 342 g/mol. The van der Waals surface area contributed by atoms with Crippen molar-refractivity contribution in [1.82, 2.24) is 14.8 Å². The van der Waals surface area contributed by atoms with Gasteiger partial charge in [-0.1, -0.05) is 0 Å². The number of likely N-dealkylation sites (tertiary alicyclic amines) is 2. The van der Waals surface area contributed by atoms with Crippen LogP contribution in [0.2, 0.25) is 0 Å². The fourth-order valence-electron chi connectivity index (χ4n) is 4.31. The lowest BCUT2D eigenvalue weighted by molar-refractivity contribution is -0.148. The topological polar surface area (TPSA) is 62.7 Å². The van der Waals surface area contributed by atoms with Crippen molar-refractivity contribution in [3.63, 3.8) is 0 Å². The Morgan fingerprint density at radius 2 is 1.96 bits per heavy atom. The van der Waals surface area contributed by atoms with Crippen molar-refractivity contribution in [2.24, 2.45) is 5.41 Å². The summed E-state index contributed by atoms with van der Waals surface area (Å²) in [6, 6.07) is 4.02. The summed E-state index contributed by atoms with van der Waals surface area (Å²) in [5.41, 5.74) is 1.38. The molecule has 3 rings (SSSR count). The molecule has 0 aliphatic carbocycles. The van der Waals surface area contributed by atoms with Gasteiger partial charge in [-0.2, -0.15) is 0 Å². The quantitative estimate of drug-likeness (QED) is 0.767. The van der Waals surface area contributed by atoms with E-state index < -0.39 is 0 Å². The van der Waals surface area contributed by atoms with E-state index in [1.807, 2.05) is 35.8 Å². The van der Waals surface area contributed by atoms with Crippen molar-refractivity contribution in [2.45, 2.75) is 52.1 Å². The van der Waals surface area contributed by atoms with Gasteiger partial charge in [0.05, 0.1) is 0 Å². The lowest BCUT2D eigenvalue weighted by Crippen LogP contribution is -2.53. The molecule has 6 heteroatoms. The number of carbonyl (C=O) groups excluding carboxylic acids is 2. The van der Waals surface area contributed by atoms with Crippen LogP contribution in [0.3, 0.4) is 0 Å². The normalized spacial score (nSPS) is 20.7. The molecule has 2 amide bonds. The number of hydrogen-bond donors (Lipinski definition) is 0. The smallest absolute Gasteiger partial charge is 0.251 e. The highest BCUT2D eigenvalue weighted by Crippen LogP contribution is 2.40. The summed E-state index contributed by atoms with van der Waals surface area (Å²) in [4.78, 5) is 32.9. The first-order chi connectivity index (χ1) is 13.0. The predicted octanol–water partition coefficient (Wildman–Crippen LogP) is 2.28. The molecule has 2 aliphatic heterocycles. The van der Waals surface area contributed by atoms with Gasteiger partial charge in [-0.25, -0.2) is 0 Å². The summed E-state index contributed by atoms with van der Waals surface area (Å²) in [5, 5.41) is 0. The van der Waals surface area contributed by atoms with Crippen LogP contribution in [0.1, 0.15) is 45.1 Å². The zero-order valence-corrected chi connectivity index (χ0v) is 16.5. The van der Waals surface area contributed by atoms with Gasteiger partial charge in [0.1, 0.15) is 6.10 Å². The minimum absolute atomic E-state index is 0.0909. The fraction of sp³-hybridized carbons (Fsp3) is 0.667. The van der Waals surface area contributed by atoms with Gasteiger partial charge >= 0.3 is 0 Å². The van der Waals surface area contributed by atoms with Crippen LogP contribution in [-0.2, 0) is 20.7 Å². The van der Waals surface area contributed by atoms with Gasteiger partial charge in [-0.05, 0) is 62.6 Å². The summed E-state index contributed by atoms with van der Waals surface area (Å²) in [6.07, 6.45) is 7.60. The van der Waals surface area contributed by atoms with Gasteiger partial charge < -0.3 is 14.5 Å². The van der Waals surface area contributed by atoms with E-state index in [1.54, 1.807) is 12.4 Å². The van der Waals surface area contributed by atoms with Gasteiger partial charge in [-0.3, -0.25) is 14.6 Å². The summed E-state index contributed by atoms with van der Waals surface area (Å²) in [5.74, 6) is 0.353. The molecule has 0 bridgehead atoms. The third kappa shape index (κ3) is 4.86. The van der Waals surface area contributed by atoms with Crippen LogP contribution in [0.5, 0.6) is 0 Å². The van der Waals surface area contributed by atoms with Crippen molar-refractivity contribution < 1.29 is 14.3 Å². The van der Waals surface area contributed by atoms with Crippen molar-refractivity contribution in [3.8, 4) is 0 Å². The molecule has 27 heavy (non-hydrogen) atoms. The molecule has 1 atom stereocenters. The van der Waals surface area contributed by atoms with E-state index in [-0.39, 0.29) is 23.3 Å². The van der Waals surface area contributed by atoms with E-state index in [4.69, 9.17) is 4.74 Å². The Hall–Kier alpha value is -1.95. The summed E-state index contributed by atoms with van der Waals surface area (Å²) in [7, 11) is 0. The molecule has 2 saturated heterocycles. The Balaban J connectivity index is 1.54. The molecule has 1 aromatic heterocycles. The Morgan fingerprint density at radius 3 is 2.63 bits per heavy atom. The van der Waals surface area contributed by atoms with Crippen molar-refractivity contribution in [1.29, 1.82) is 0 Å². The van der Waals surface area contributed by atoms with Crippen LogP contribution in [0.25, 0.3) is 0 Å². The van der Waals surface area contributed by atoms with E-state index in [0.29, 0.717) is 13.0 Å². The maximum Gasteiger partial charge on any atom is 0.251 e. The van der Waals surface area contributed by atoms with Gasteiger partial charge in [0, 0.05) is 51.6 Å². The van der Waals surface area contributed by atoms with Gasteiger partial charge in [-0.15, -0.1) is 0 Å². The Morgan fingerprint density at radius 1 is 1.26 bits per heavy atom. The molecule has 0 radical (unpaired) electrons. The number of aromatic nitrogens is 1. The number of amides is 2. The average Bonchev–Trinajstić information content (AvgIpc) is 2.70. The molecule has 2 fully saturated rings.